The van der Waals surface area contributed by atoms with Gasteiger partial charge in [-0.1, -0.05) is 34.1 Å². The summed E-state index contributed by atoms with van der Waals surface area (Å²) in [6.45, 7) is 7.03. The van der Waals surface area contributed by atoms with Gasteiger partial charge in [-0.15, -0.1) is 0 Å². The molecule has 0 bridgehead atoms. The van der Waals surface area contributed by atoms with E-state index in [-0.39, 0.29) is 43.4 Å². The topological polar surface area (TPSA) is 86.8 Å². The summed E-state index contributed by atoms with van der Waals surface area (Å²) in [5.41, 5.74) is -0.837. The molecule has 7 nitrogen and oxygen atoms in total. The highest BCUT2D eigenvalue weighted by molar-refractivity contribution is 9.10. The van der Waals surface area contributed by atoms with Gasteiger partial charge in [0.15, 0.2) is 0 Å². The zero-order chi connectivity index (χ0) is 28.9. The lowest BCUT2D eigenvalue weighted by molar-refractivity contribution is -0.141. The average Bonchev–Trinajstić information content (AvgIpc) is 2.78. The van der Waals surface area contributed by atoms with Crippen LogP contribution in [0.5, 0.6) is 0 Å². The second kappa shape index (κ2) is 12.5. The molecule has 1 atom stereocenters. The molecule has 0 heterocycles. The maximum absolute atomic E-state index is 13.3. The molecule has 0 saturated carbocycles. The van der Waals surface area contributed by atoms with Crippen LogP contribution in [0, 0.1) is 0 Å². The SMILES string of the molecule is C[C@@H](C(=O)NC(C)(C)C)N(Cc1ccc(Br)cc1)C(=O)CCCN(c1cccc(C(F)(F)F)c1)S(C)(=O)=O. The summed E-state index contributed by atoms with van der Waals surface area (Å²) in [5, 5.41) is 2.86. The first-order valence-electron chi connectivity index (χ1n) is 11.9. The molecule has 0 aliphatic carbocycles. The van der Waals surface area contributed by atoms with E-state index in [0.717, 1.165) is 38.8 Å². The highest BCUT2D eigenvalue weighted by atomic mass is 79.9. The first-order valence-corrected chi connectivity index (χ1v) is 14.5. The van der Waals surface area contributed by atoms with E-state index < -0.39 is 33.3 Å². The predicted molar refractivity (Wildman–Crippen MR) is 145 cm³/mol. The molecule has 0 aliphatic rings. The number of alkyl halides is 3. The Labute approximate surface area is 230 Å². The van der Waals surface area contributed by atoms with Crippen LogP contribution in [0.3, 0.4) is 0 Å². The molecule has 0 fully saturated rings. The molecule has 2 aromatic carbocycles. The first kappa shape index (κ1) is 31.6. The van der Waals surface area contributed by atoms with Gasteiger partial charge >= 0.3 is 6.18 Å². The minimum absolute atomic E-state index is 0.0343. The number of halogens is 4. The highest BCUT2D eigenvalue weighted by Crippen LogP contribution is 2.32. The number of carbonyl (C=O) groups is 2. The van der Waals surface area contributed by atoms with Gasteiger partial charge in [0.25, 0.3) is 0 Å². The standard InChI is InChI=1S/C26H33BrF3N3O4S/c1-18(24(35)31-25(2,3)4)32(17-19-11-13-21(27)14-12-19)23(34)10-7-15-33(38(5,36)37)22-9-6-8-20(16-22)26(28,29)30/h6,8-9,11-14,16,18H,7,10,15,17H2,1-5H3,(H,31,35)/t18-/m0/s1. The summed E-state index contributed by atoms with van der Waals surface area (Å²) in [7, 11) is -3.93. The number of nitrogens with zero attached hydrogens (tertiary/aromatic N) is 2. The molecule has 0 aromatic heterocycles. The van der Waals surface area contributed by atoms with Gasteiger partial charge < -0.3 is 10.2 Å². The van der Waals surface area contributed by atoms with Gasteiger partial charge in [0.1, 0.15) is 6.04 Å². The fourth-order valence-electron chi connectivity index (χ4n) is 3.68. The van der Waals surface area contributed by atoms with Gasteiger partial charge in [-0.2, -0.15) is 13.2 Å². The fraction of sp³-hybridized carbons (Fsp3) is 0.462. The van der Waals surface area contributed by atoms with Crippen molar-refractivity contribution < 1.29 is 31.2 Å². The number of carbonyl (C=O) groups excluding carboxylic acids is 2. The van der Waals surface area contributed by atoms with E-state index in [2.05, 4.69) is 21.2 Å². The van der Waals surface area contributed by atoms with E-state index >= 15 is 0 Å². The second-order valence-electron chi connectivity index (χ2n) is 10.1. The molecule has 2 aromatic rings. The van der Waals surface area contributed by atoms with E-state index in [0.29, 0.717) is 0 Å². The van der Waals surface area contributed by atoms with Gasteiger partial charge in [-0.25, -0.2) is 8.42 Å². The normalized spacial score (nSPS) is 13.1. The number of anilines is 1. The third-order valence-corrected chi connectivity index (χ3v) is 7.27. The van der Waals surface area contributed by atoms with Crippen molar-refractivity contribution in [1.82, 2.24) is 10.2 Å². The fourth-order valence-corrected chi connectivity index (χ4v) is 4.91. The Kier molecular flexibility index (Phi) is 10.4. The lowest BCUT2D eigenvalue weighted by atomic mass is 10.1. The number of benzene rings is 2. The largest absolute Gasteiger partial charge is 0.416 e. The van der Waals surface area contributed by atoms with Crippen molar-refractivity contribution >= 4 is 43.5 Å². The first-order chi connectivity index (χ1) is 17.4. The molecular weight excluding hydrogens is 587 g/mol. The van der Waals surface area contributed by atoms with E-state index in [1.165, 1.54) is 11.0 Å². The van der Waals surface area contributed by atoms with Crippen LogP contribution >= 0.6 is 15.9 Å². The van der Waals surface area contributed by atoms with Gasteiger partial charge in [0.05, 0.1) is 17.5 Å². The molecule has 0 unspecified atom stereocenters. The lowest BCUT2D eigenvalue weighted by Gasteiger charge is -2.32. The third kappa shape index (κ3) is 9.61. The Morgan fingerprint density at radius 2 is 1.66 bits per heavy atom. The van der Waals surface area contributed by atoms with Crippen LogP contribution in [0.15, 0.2) is 53.0 Å². The monoisotopic (exact) mass is 619 g/mol. The van der Waals surface area contributed by atoms with Gasteiger partial charge in [-0.05, 0) is 70.0 Å². The molecule has 2 amide bonds. The summed E-state index contributed by atoms with van der Waals surface area (Å²) < 4.78 is 66.0. The Hall–Kier alpha value is -2.60. The van der Waals surface area contributed by atoms with Crippen molar-refractivity contribution in [1.29, 1.82) is 0 Å². The molecule has 0 spiro atoms. The van der Waals surface area contributed by atoms with Crippen LogP contribution in [0.4, 0.5) is 18.9 Å². The van der Waals surface area contributed by atoms with Crippen molar-refractivity contribution in [2.45, 2.75) is 64.8 Å². The average molecular weight is 621 g/mol. The minimum atomic E-state index is -4.63. The van der Waals surface area contributed by atoms with Crippen LogP contribution in [0.1, 0.15) is 51.7 Å². The lowest BCUT2D eigenvalue weighted by Crippen LogP contribution is -2.52. The number of rotatable bonds is 10. The van der Waals surface area contributed by atoms with Crippen LogP contribution in [-0.2, 0) is 32.3 Å². The summed E-state index contributed by atoms with van der Waals surface area (Å²) in [6.07, 6.45) is -3.82. The van der Waals surface area contributed by atoms with Crippen molar-refractivity contribution in [2.75, 3.05) is 17.1 Å². The van der Waals surface area contributed by atoms with Crippen LogP contribution in [0.25, 0.3) is 0 Å². The molecule has 0 aliphatic heterocycles. The number of nitrogens with one attached hydrogen (secondary N) is 1. The zero-order valence-corrected chi connectivity index (χ0v) is 24.4. The summed E-state index contributed by atoms with van der Waals surface area (Å²) in [4.78, 5) is 27.6. The molecule has 0 saturated heterocycles. The zero-order valence-electron chi connectivity index (χ0n) is 22.0. The maximum atomic E-state index is 13.3. The number of hydrogen-bond donors (Lipinski definition) is 1. The molecule has 1 N–H and O–H groups in total. The quantitative estimate of drug-likeness (QED) is 0.389. The van der Waals surface area contributed by atoms with Crippen molar-refractivity contribution in [3.8, 4) is 0 Å². The molecule has 38 heavy (non-hydrogen) atoms. The molecule has 210 valence electrons. The molecule has 12 heteroatoms. The van der Waals surface area contributed by atoms with Crippen molar-refractivity contribution in [2.24, 2.45) is 0 Å². The van der Waals surface area contributed by atoms with Crippen LogP contribution in [-0.4, -0.2) is 49.5 Å². The Morgan fingerprint density at radius 1 is 1.05 bits per heavy atom. The predicted octanol–water partition coefficient (Wildman–Crippen LogP) is 5.35. The summed E-state index contributed by atoms with van der Waals surface area (Å²) in [6, 6.07) is 10.5. The molecule has 2 rings (SSSR count). The molecular formula is C26H33BrF3N3O4S. The smallest absolute Gasteiger partial charge is 0.350 e. The number of sulfonamides is 1. The van der Waals surface area contributed by atoms with Gasteiger partial charge in [-0.3, -0.25) is 13.9 Å². The Bertz CT molecular complexity index is 1230. The van der Waals surface area contributed by atoms with Gasteiger partial charge in [0.2, 0.25) is 21.8 Å². The summed E-state index contributed by atoms with van der Waals surface area (Å²) >= 11 is 3.36. The van der Waals surface area contributed by atoms with E-state index in [9.17, 15) is 31.2 Å². The number of hydrogen-bond acceptors (Lipinski definition) is 4. The van der Waals surface area contributed by atoms with Crippen molar-refractivity contribution in [3.63, 3.8) is 0 Å². The van der Waals surface area contributed by atoms with Crippen molar-refractivity contribution in [3.05, 3.63) is 64.1 Å². The van der Waals surface area contributed by atoms with Crippen LogP contribution < -0.4 is 9.62 Å². The minimum Gasteiger partial charge on any atom is -0.350 e. The Morgan fingerprint density at radius 3 is 2.18 bits per heavy atom. The maximum Gasteiger partial charge on any atom is 0.416 e. The van der Waals surface area contributed by atoms with E-state index in [1.807, 2.05) is 45.0 Å². The number of amides is 2. The van der Waals surface area contributed by atoms with E-state index in [1.54, 1.807) is 6.92 Å². The summed E-state index contributed by atoms with van der Waals surface area (Å²) in [5.74, 6) is -0.730. The Balaban J connectivity index is 2.23. The van der Waals surface area contributed by atoms with E-state index in [4.69, 9.17) is 0 Å². The van der Waals surface area contributed by atoms with Crippen LogP contribution in [0.2, 0.25) is 0 Å². The third-order valence-electron chi connectivity index (χ3n) is 5.55. The molecule has 0 radical (unpaired) electrons. The van der Waals surface area contributed by atoms with Gasteiger partial charge in [0, 0.05) is 29.5 Å². The highest BCUT2D eigenvalue weighted by Gasteiger charge is 2.32. The second-order valence-corrected chi connectivity index (χ2v) is 12.9.